The van der Waals surface area contributed by atoms with E-state index in [1.807, 2.05) is 0 Å². The number of piperidine rings is 1. The molecule has 0 spiro atoms. The molecular formula is C22H17F2N7O2. The molecule has 1 aromatic carbocycles. The fraction of sp³-hybridized carbons (Fsp3) is 0.318. The zero-order valence-corrected chi connectivity index (χ0v) is 17.2. The van der Waals surface area contributed by atoms with Gasteiger partial charge in [0.25, 0.3) is 5.95 Å². The van der Waals surface area contributed by atoms with E-state index in [9.17, 15) is 18.8 Å². The van der Waals surface area contributed by atoms with Crippen LogP contribution in [-0.2, 0) is 10.2 Å². The molecule has 1 saturated carbocycles. The lowest BCUT2D eigenvalue weighted by atomic mass is 9.96. The summed E-state index contributed by atoms with van der Waals surface area (Å²) in [5.74, 6) is -0.779. The summed E-state index contributed by atoms with van der Waals surface area (Å²) in [4.78, 5) is 18.0. The number of anilines is 1. The Labute approximate surface area is 186 Å². The SMILES string of the molecule is N#C[C@]1(c2ccc(-c3ccc(N4CC(n5cc(F)nn5)OC4=O)cc3F)cn2)[C@@H]2CNC[C@@H]21. The predicted molar refractivity (Wildman–Crippen MR) is 110 cm³/mol. The van der Waals surface area contributed by atoms with Crippen LogP contribution in [0.15, 0.2) is 42.7 Å². The third-order valence-corrected chi connectivity index (χ3v) is 6.80. The van der Waals surface area contributed by atoms with Crippen LogP contribution in [-0.4, -0.2) is 45.7 Å². The average molecular weight is 449 g/mol. The molecule has 9 nitrogen and oxygen atoms in total. The van der Waals surface area contributed by atoms with Gasteiger partial charge < -0.3 is 10.1 Å². The lowest BCUT2D eigenvalue weighted by Crippen LogP contribution is -2.25. The molecule has 1 N–H and O–H groups in total. The largest absolute Gasteiger partial charge is 0.421 e. The molecule has 3 aliphatic rings. The van der Waals surface area contributed by atoms with E-state index in [1.165, 1.54) is 11.0 Å². The van der Waals surface area contributed by atoms with Crippen molar-refractivity contribution < 1.29 is 18.3 Å². The lowest BCUT2D eigenvalue weighted by molar-refractivity contribution is 0.0921. The van der Waals surface area contributed by atoms with Gasteiger partial charge in [-0.15, -0.1) is 0 Å². The summed E-state index contributed by atoms with van der Waals surface area (Å²) in [7, 11) is 0. The number of hydrogen-bond donors (Lipinski definition) is 1. The Balaban J connectivity index is 1.23. The van der Waals surface area contributed by atoms with Crippen molar-refractivity contribution in [2.45, 2.75) is 11.6 Å². The number of halogens is 2. The van der Waals surface area contributed by atoms with Gasteiger partial charge in [0.2, 0.25) is 6.23 Å². The number of nitrogens with zero attached hydrogens (tertiary/aromatic N) is 6. The Kier molecular flexibility index (Phi) is 4.22. The molecule has 3 aromatic rings. The van der Waals surface area contributed by atoms with Gasteiger partial charge in [-0.25, -0.2) is 13.9 Å². The zero-order valence-electron chi connectivity index (χ0n) is 17.2. The van der Waals surface area contributed by atoms with Crippen LogP contribution in [0.3, 0.4) is 0 Å². The normalized spacial score (nSPS) is 27.8. The van der Waals surface area contributed by atoms with Crippen LogP contribution in [0.2, 0.25) is 0 Å². The number of amides is 1. The molecule has 1 unspecified atom stereocenters. The number of benzene rings is 1. The number of carbonyl (C=O) groups excluding carboxylic acids is 1. The maximum atomic E-state index is 15.0. The van der Waals surface area contributed by atoms with Gasteiger partial charge in [-0.2, -0.15) is 9.65 Å². The van der Waals surface area contributed by atoms with E-state index in [0.29, 0.717) is 16.8 Å². The molecule has 11 heteroatoms. The third kappa shape index (κ3) is 2.91. The van der Waals surface area contributed by atoms with Gasteiger partial charge in [-0.1, -0.05) is 16.4 Å². The summed E-state index contributed by atoms with van der Waals surface area (Å²) in [6.45, 7) is 1.65. The molecule has 4 heterocycles. The minimum Gasteiger partial charge on any atom is -0.421 e. The Morgan fingerprint density at radius 3 is 2.67 bits per heavy atom. The third-order valence-electron chi connectivity index (χ3n) is 6.80. The molecule has 0 radical (unpaired) electrons. The van der Waals surface area contributed by atoms with Gasteiger partial charge in [-0.3, -0.25) is 9.88 Å². The second-order valence-corrected chi connectivity index (χ2v) is 8.42. The highest BCUT2D eigenvalue weighted by molar-refractivity contribution is 5.90. The summed E-state index contributed by atoms with van der Waals surface area (Å²) in [6, 6.07) is 10.4. The van der Waals surface area contributed by atoms with Crippen molar-refractivity contribution in [1.82, 2.24) is 25.3 Å². The molecule has 2 saturated heterocycles. The first-order valence-corrected chi connectivity index (χ1v) is 10.4. The predicted octanol–water partition coefficient (Wildman–Crippen LogP) is 2.38. The molecule has 166 valence electrons. The van der Waals surface area contributed by atoms with E-state index in [1.54, 1.807) is 30.5 Å². The van der Waals surface area contributed by atoms with E-state index >= 15 is 0 Å². The smallest absolute Gasteiger partial charge is 0.416 e. The number of ether oxygens (including phenoxy) is 1. The number of nitriles is 1. The van der Waals surface area contributed by atoms with Crippen LogP contribution in [0.25, 0.3) is 11.1 Å². The summed E-state index contributed by atoms with van der Waals surface area (Å²) >= 11 is 0. The zero-order chi connectivity index (χ0) is 22.7. The summed E-state index contributed by atoms with van der Waals surface area (Å²) < 4.78 is 34.4. The highest BCUT2D eigenvalue weighted by Crippen LogP contribution is 2.60. The van der Waals surface area contributed by atoms with Crippen molar-refractivity contribution in [2.24, 2.45) is 11.8 Å². The van der Waals surface area contributed by atoms with Crippen molar-refractivity contribution in [2.75, 3.05) is 24.5 Å². The number of aromatic nitrogens is 4. The van der Waals surface area contributed by atoms with Crippen molar-refractivity contribution in [1.29, 1.82) is 5.26 Å². The first-order chi connectivity index (χ1) is 16.0. The molecule has 4 atom stereocenters. The first kappa shape index (κ1) is 19.8. The van der Waals surface area contributed by atoms with Gasteiger partial charge in [0.05, 0.1) is 30.2 Å². The van der Waals surface area contributed by atoms with Gasteiger partial charge in [-0.05, 0) is 24.3 Å². The highest BCUT2D eigenvalue weighted by atomic mass is 19.1. The minimum atomic E-state index is -0.862. The number of fused-ring (bicyclic) bond motifs is 1. The number of carbonyl (C=O) groups is 1. The Morgan fingerprint density at radius 2 is 2.03 bits per heavy atom. The van der Waals surface area contributed by atoms with E-state index in [-0.39, 0.29) is 18.4 Å². The quantitative estimate of drug-likeness (QED) is 0.651. The minimum absolute atomic E-state index is 0.0319. The maximum Gasteiger partial charge on any atom is 0.416 e. The van der Waals surface area contributed by atoms with Crippen molar-refractivity contribution in [3.63, 3.8) is 0 Å². The van der Waals surface area contributed by atoms with Gasteiger partial charge in [0.1, 0.15) is 11.2 Å². The van der Waals surface area contributed by atoms with Crippen LogP contribution < -0.4 is 10.2 Å². The molecule has 3 fully saturated rings. The Hall–Kier alpha value is -3.91. The van der Waals surface area contributed by atoms with Crippen LogP contribution in [0.4, 0.5) is 19.3 Å². The van der Waals surface area contributed by atoms with Crippen LogP contribution in [0.1, 0.15) is 11.9 Å². The standard InChI is InChI=1S/C22H17F2N7O2/c23-17-5-13(30-10-20(33-21(30)32)31-9-19(24)28-29-31)2-3-14(17)12-1-4-18(27-6-12)22(11-25)15-7-26-8-16(15)22/h1-6,9,15-16,20,26H,7-8,10H2/t15-,16+,20?,22+. The van der Waals surface area contributed by atoms with E-state index < -0.39 is 29.5 Å². The number of nitrogens with one attached hydrogen (secondary N) is 1. The molecule has 1 aliphatic carbocycles. The first-order valence-electron chi connectivity index (χ1n) is 10.4. The number of hydrogen-bond acceptors (Lipinski definition) is 7. The van der Waals surface area contributed by atoms with E-state index in [4.69, 9.17) is 4.74 Å². The van der Waals surface area contributed by atoms with Gasteiger partial charge >= 0.3 is 6.09 Å². The molecule has 6 rings (SSSR count). The number of cyclic esters (lactones) is 1. The summed E-state index contributed by atoms with van der Waals surface area (Å²) in [6.07, 6.45) is 1.04. The monoisotopic (exact) mass is 449 g/mol. The molecule has 0 bridgehead atoms. The Bertz CT molecular complexity index is 1290. The fourth-order valence-electron chi connectivity index (χ4n) is 5.04. The maximum absolute atomic E-state index is 15.0. The van der Waals surface area contributed by atoms with E-state index in [0.717, 1.165) is 29.7 Å². The topological polar surface area (TPSA) is 109 Å². The fourth-order valence-corrected chi connectivity index (χ4v) is 5.04. The molecule has 1 amide bonds. The molecule has 33 heavy (non-hydrogen) atoms. The van der Waals surface area contributed by atoms with Crippen LogP contribution in [0.5, 0.6) is 0 Å². The number of rotatable bonds is 4. The van der Waals surface area contributed by atoms with Crippen molar-refractivity contribution in [3.8, 4) is 17.2 Å². The van der Waals surface area contributed by atoms with Crippen molar-refractivity contribution in [3.05, 3.63) is 60.2 Å². The van der Waals surface area contributed by atoms with Crippen molar-refractivity contribution >= 4 is 11.8 Å². The van der Waals surface area contributed by atoms with Crippen LogP contribution >= 0.6 is 0 Å². The Morgan fingerprint density at radius 1 is 1.21 bits per heavy atom. The van der Waals surface area contributed by atoms with Crippen LogP contribution in [0, 0.1) is 34.9 Å². The lowest BCUT2D eigenvalue weighted by Gasteiger charge is -2.15. The molecule has 2 aliphatic heterocycles. The second kappa shape index (κ2) is 7.05. The molecule has 2 aromatic heterocycles. The highest BCUT2D eigenvalue weighted by Gasteiger charge is 2.69. The summed E-state index contributed by atoms with van der Waals surface area (Å²) in [5, 5.41) is 19.8. The second-order valence-electron chi connectivity index (χ2n) is 8.42. The molecular weight excluding hydrogens is 432 g/mol. The van der Waals surface area contributed by atoms with E-state index in [2.05, 4.69) is 26.7 Å². The van der Waals surface area contributed by atoms with Gasteiger partial charge in [0, 0.05) is 42.2 Å². The van der Waals surface area contributed by atoms with Gasteiger partial charge in [0.15, 0.2) is 0 Å². The average Bonchev–Trinajstić information content (AvgIpc) is 3.30. The summed E-state index contributed by atoms with van der Waals surface area (Å²) in [5.41, 5.74) is 1.36. The number of pyridine rings is 1.